The van der Waals surface area contributed by atoms with Crippen LogP contribution in [0.5, 0.6) is 0 Å². The van der Waals surface area contributed by atoms with Crippen LogP contribution in [-0.2, 0) is 10.0 Å². The molecule has 0 saturated carbocycles. The molecular formula is C12H19ClN2O2S. The van der Waals surface area contributed by atoms with E-state index in [2.05, 4.69) is 4.72 Å². The zero-order valence-electron chi connectivity index (χ0n) is 10.8. The summed E-state index contributed by atoms with van der Waals surface area (Å²) in [4.78, 5) is 0.0271. The van der Waals surface area contributed by atoms with Gasteiger partial charge in [-0.05, 0) is 31.0 Å². The van der Waals surface area contributed by atoms with Crippen molar-refractivity contribution in [2.75, 3.05) is 5.73 Å². The fourth-order valence-electron chi connectivity index (χ4n) is 1.50. The molecule has 1 rings (SSSR count). The van der Waals surface area contributed by atoms with E-state index >= 15 is 0 Å². The van der Waals surface area contributed by atoms with Crippen LogP contribution in [0.3, 0.4) is 0 Å². The van der Waals surface area contributed by atoms with Gasteiger partial charge in [0.15, 0.2) is 0 Å². The Morgan fingerprint density at radius 1 is 1.39 bits per heavy atom. The van der Waals surface area contributed by atoms with Gasteiger partial charge in [-0.15, -0.1) is 0 Å². The van der Waals surface area contributed by atoms with Crippen LogP contribution in [0.15, 0.2) is 23.1 Å². The van der Waals surface area contributed by atoms with E-state index in [1.807, 2.05) is 20.8 Å². The molecule has 2 unspecified atom stereocenters. The monoisotopic (exact) mass is 290 g/mol. The zero-order valence-corrected chi connectivity index (χ0v) is 12.3. The maximum absolute atomic E-state index is 12.2. The Kier molecular flexibility index (Phi) is 5.01. The third-order valence-corrected chi connectivity index (χ3v) is 5.12. The Labute approximate surface area is 114 Å². The highest BCUT2D eigenvalue weighted by Gasteiger charge is 2.22. The first-order valence-electron chi connectivity index (χ1n) is 5.85. The highest BCUT2D eigenvalue weighted by atomic mass is 35.5. The number of hydrogen-bond acceptors (Lipinski definition) is 3. The van der Waals surface area contributed by atoms with E-state index in [1.165, 1.54) is 12.1 Å². The molecule has 3 N–H and O–H groups in total. The Balaban J connectivity index is 3.03. The van der Waals surface area contributed by atoms with Crippen molar-refractivity contribution < 1.29 is 8.42 Å². The Morgan fingerprint density at radius 2 is 2.00 bits per heavy atom. The fraction of sp³-hybridized carbons (Fsp3) is 0.500. The first-order valence-corrected chi connectivity index (χ1v) is 7.71. The van der Waals surface area contributed by atoms with E-state index < -0.39 is 10.0 Å². The Hall–Kier alpha value is -0.780. The van der Waals surface area contributed by atoms with Gasteiger partial charge in [0.05, 0.1) is 5.02 Å². The summed E-state index contributed by atoms with van der Waals surface area (Å²) in [5.74, 6) is 0.250. The number of benzene rings is 1. The molecule has 0 saturated heterocycles. The number of anilines is 1. The zero-order chi connectivity index (χ0) is 13.9. The van der Waals surface area contributed by atoms with Crippen LogP contribution in [0.2, 0.25) is 5.02 Å². The van der Waals surface area contributed by atoms with Crippen molar-refractivity contribution in [3.05, 3.63) is 23.2 Å². The lowest BCUT2D eigenvalue weighted by atomic mass is 10.0. The van der Waals surface area contributed by atoms with Gasteiger partial charge in [-0.2, -0.15) is 0 Å². The van der Waals surface area contributed by atoms with Crippen molar-refractivity contribution in [3.63, 3.8) is 0 Å². The van der Waals surface area contributed by atoms with Crippen LogP contribution < -0.4 is 10.5 Å². The molecule has 0 amide bonds. The van der Waals surface area contributed by atoms with Gasteiger partial charge in [-0.25, -0.2) is 13.1 Å². The molecule has 4 nitrogen and oxygen atoms in total. The molecule has 0 aliphatic heterocycles. The summed E-state index contributed by atoms with van der Waals surface area (Å²) >= 11 is 5.90. The average Bonchev–Trinajstić information content (AvgIpc) is 2.30. The summed E-state index contributed by atoms with van der Waals surface area (Å²) in [5, 5.41) is 0.174. The lowest BCUT2D eigenvalue weighted by molar-refractivity contribution is 0.434. The number of sulfonamides is 1. The fourth-order valence-corrected chi connectivity index (χ4v) is 3.39. The van der Waals surface area contributed by atoms with E-state index in [1.54, 1.807) is 6.07 Å². The van der Waals surface area contributed by atoms with Gasteiger partial charge in [0.1, 0.15) is 4.90 Å². The van der Waals surface area contributed by atoms with Gasteiger partial charge in [0, 0.05) is 11.7 Å². The highest BCUT2D eigenvalue weighted by Crippen LogP contribution is 2.24. The van der Waals surface area contributed by atoms with Gasteiger partial charge in [0.25, 0.3) is 0 Å². The maximum Gasteiger partial charge on any atom is 0.242 e. The normalized spacial score (nSPS) is 15.3. The lowest BCUT2D eigenvalue weighted by Crippen LogP contribution is -2.37. The topological polar surface area (TPSA) is 72.2 Å². The SMILES string of the molecule is CCC(C)C(C)NS(=O)(=O)c1cc(N)ccc1Cl. The van der Waals surface area contributed by atoms with Crippen molar-refractivity contribution in [2.45, 2.75) is 38.1 Å². The van der Waals surface area contributed by atoms with Crippen LogP contribution in [-0.4, -0.2) is 14.5 Å². The molecule has 18 heavy (non-hydrogen) atoms. The highest BCUT2D eigenvalue weighted by molar-refractivity contribution is 7.89. The first-order chi connectivity index (χ1) is 8.27. The van der Waals surface area contributed by atoms with E-state index in [0.29, 0.717) is 5.69 Å². The second kappa shape index (κ2) is 5.91. The van der Waals surface area contributed by atoms with Crippen molar-refractivity contribution in [3.8, 4) is 0 Å². The summed E-state index contributed by atoms with van der Waals surface area (Å²) < 4.78 is 27.0. The van der Waals surface area contributed by atoms with Crippen molar-refractivity contribution in [1.29, 1.82) is 0 Å². The molecule has 102 valence electrons. The van der Waals surface area contributed by atoms with Crippen LogP contribution in [0.25, 0.3) is 0 Å². The molecule has 0 bridgehead atoms. The van der Waals surface area contributed by atoms with E-state index in [0.717, 1.165) is 6.42 Å². The smallest absolute Gasteiger partial charge is 0.242 e. The quantitative estimate of drug-likeness (QED) is 0.819. The van der Waals surface area contributed by atoms with Crippen LogP contribution in [0.1, 0.15) is 27.2 Å². The van der Waals surface area contributed by atoms with E-state index in [4.69, 9.17) is 17.3 Å². The first kappa shape index (κ1) is 15.3. The molecule has 0 spiro atoms. The van der Waals surface area contributed by atoms with E-state index in [9.17, 15) is 8.42 Å². The molecule has 0 aromatic heterocycles. The van der Waals surface area contributed by atoms with Crippen LogP contribution in [0, 0.1) is 5.92 Å². The second-order valence-corrected chi connectivity index (χ2v) is 6.57. The number of rotatable bonds is 5. The molecule has 2 atom stereocenters. The molecular weight excluding hydrogens is 272 g/mol. The number of nitrogen functional groups attached to an aromatic ring is 1. The molecule has 0 heterocycles. The van der Waals surface area contributed by atoms with Gasteiger partial charge >= 0.3 is 0 Å². The summed E-state index contributed by atoms with van der Waals surface area (Å²) in [5.41, 5.74) is 5.96. The standard InChI is InChI=1S/C12H19ClN2O2S/c1-4-8(2)9(3)15-18(16,17)12-7-10(14)5-6-11(12)13/h5-9,15H,4,14H2,1-3H3. The van der Waals surface area contributed by atoms with Gasteiger partial charge in [-0.1, -0.05) is 31.9 Å². The number of nitrogens with two attached hydrogens (primary N) is 1. The van der Waals surface area contributed by atoms with E-state index in [-0.39, 0.29) is 21.9 Å². The third-order valence-electron chi connectivity index (χ3n) is 3.08. The molecule has 1 aromatic carbocycles. The van der Waals surface area contributed by atoms with Gasteiger partial charge < -0.3 is 5.73 Å². The number of nitrogens with one attached hydrogen (secondary N) is 1. The third kappa shape index (κ3) is 3.60. The largest absolute Gasteiger partial charge is 0.399 e. The van der Waals surface area contributed by atoms with Gasteiger partial charge in [-0.3, -0.25) is 0 Å². The minimum atomic E-state index is -3.63. The predicted molar refractivity (Wildman–Crippen MR) is 75.1 cm³/mol. The Morgan fingerprint density at radius 3 is 2.56 bits per heavy atom. The molecule has 0 aliphatic carbocycles. The van der Waals surface area contributed by atoms with Crippen molar-refractivity contribution in [2.24, 2.45) is 5.92 Å². The maximum atomic E-state index is 12.2. The minimum Gasteiger partial charge on any atom is -0.399 e. The molecule has 0 fully saturated rings. The van der Waals surface area contributed by atoms with Crippen LogP contribution >= 0.6 is 11.6 Å². The summed E-state index contributed by atoms with van der Waals surface area (Å²) in [6.45, 7) is 5.85. The predicted octanol–water partition coefficient (Wildman–Crippen LogP) is 2.64. The molecule has 0 radical (unpaired) electrons. The van der Waals surface area contributed by atoms with Gasteiger partial charge in [0.2, 0.25) is 10.0 Å². The Bertz CT molecular complexity index is 517. The molecule has 0 aliphatic rings. The van der Waals surface area contributed by atoms with Crippen LogP contribution in [0.4, 0.5) is 5.69 Å². The number of hydrogen-bond donors (Lipinski definition) is 2. The summed E-state index contributed by atoms with van der Waals surface area (Å²) in [7, 11) is -3.63. The molecule has 1 aromatic rings. The summed E-state index contributed by atoms with van der Waals surface area (Å²) in [6.07, 6.45) is 0.897. The van der Waals surface area contributed by atoms with Crippen molar-refractivity contribution >= 4 is 27.3 Å². The minimum absolute atomic E-state index is 0.0271. The summed E-state index contributed by atoms with van der Waals surface area (Å²) in [6, 6.07) is 4.27. The average molecular weight is 291 g/mol. The lowest BCUT2D eigenvalue weighted by Gasteiger charge is -2.20. The van der Waals surface area contributed by atoms with Crippen molar-refractivity contribution in [1.82, 2.24) is 4.72 Å². The number of halogens is 1. The second-order valence-electron chi connectivity index (χ2n) is 4.49. The molecule has 6 heteroatoms.